The Morgan fingerprint density at radius 3 is 1.65 bits per heavy atom. The zero-order valence-electron chi connectivity index (χ0n) is 35.0. The molecule has 0 bridgehead atoms. The summed E-state index contributed by atoms with van der Waals surface area (Å²) in [7, 11) is 0. The summed E-state index contributed by atoms with van der Waals surface area (Å²) in [5.41, 5.74) is 16.8. The first-order valence-corrected chi connectivity index (χ1v) is 22.2. The summed E-state index contributed by atoms with van der Waals surface area (Å²) < 4.78 is 20.6. The van der Waals surface area contributed by atoms with E-state index in [1.807, 2.05) is 30.3 Å². The normalized spacial score (nSPS) is 13.0. The van der Waals surface area contributed by atoms with E-state index in [1.165, 1.54) is 33.4 Å². The van der Waals surface area contributed by atoms with Crippen molar-refractivity contribution in [3.05, 3.63) is 247 Å². The van der Waals surface area contributed by atoms with Gasteiger partial charge in [-0.1, -0.05) is 170 Å². The van der Waals surface area contributed by atoms with Gasteiger partial charge in [-0.3, -0.25) is 0 Å². The Hall–Kier alpha value is -8.60. The number of anilines is 3. The predicted molar refractivity (Wildman–Crippen MR) is 266 cm³/mol. The lowest BCUT2D eigenvalue weighted by Gasteiger charge is -2.35. The standard InChI is InChI=1S/C61H37NO3/c1-4-17-38(18-5-1)61(39-19-6-2-7-20-39)49-28-13-10-23-42(49)43-32-31-41(37-50(43)61)62(40-21-8-3-9-22-40)51-34-33-45(47-27-16-26-46-44-24-11-14-29-52(44)64-59(46)47)57-58-55(65-60(51)57)36-35-54-56(58)48-25-12-15-30-53(48)63-54/h1-37H. The van der Waals surface area contributed by atoms with Crippen molar-refractivity contribution in [2.45, 2.75) is 5.41 Å². The highest BCUT2D eigenvalue weighted by molar-refractivity contribution is 6.30. The van der Waals surface area contributed by atoms with E-state index in [-0.39, 0.29) is 0 Å². The average molecular weight is 832 g/mol. The summed E-state index contributed by atoms with van der Waals surface area (Å²) in [4.78, 5) is 2.37. The van der Waals surface area contributed by atoms with Gasteiger partial charge in [-0.25, -0.2) is 0 Å². The lowest BCUT2D eigenvalue weighted by Crippen LogP contribution is -2.28. The highest BCUT2D eigenvalue weighted by Crippen LogP contribution is 2.58. The smallest absolute Gasteiger partial charge is 0.160 e. The average Bonchev–Trinajstić information content (AvgIpc) is 4.13. The number of benzene rings is 10. The molecule has 0 atom stereocenters. The fraction of sp³-hybridized carbons (Fsp3) is 0.0164. The lowest BCUT2D eigenvalue weighted by molar-refractivity contribution is 0.663. The van der Waals surface area contributed by atoms with Crippen LogP contribution in [0.2, 0.25) is 0 Å². The molecule has 13 aromatic rings. The molecule has 3 heterocycles. The predicted octanol–water partition coefficient (Wildman–Crippen LogP) is 16.9. The highest BCUT2D eigenvalue weighted by atomic mass is 16.3. The van der Waals surface area contributed by atoms with E-state index >= 15 is 0 Å². The minimum absolute atomic E-state index is 0.565. The molecule has 1 aliphatic rings. The molecular formula is C61H37NO3. The van der Waals surface area contributed by atoms with Gasteiger partial charge < -0.3 is 18.2 Å². The fourth-order valence-corrected chi connectivity index (χ4v) is 11.1. The Kier molecular flexibility index (Phi) is 7.57. The second-order valence-corrected chi connectivity index (χ2v) is 17.1. The minimum atomic E-state index is -0.565. The van der Waals surface area contributed by atoms with Crippen molar-refractivity contribution in [2.75, 3.05) is 4.90 Å². The Bertz CT molecular complexity index is 3970. The summed E-state index contributed by atoms with van der Waals surface area (Å²) in [5, 5.41) is 6.26. The van der Waals surface area contributed by atoms with Gasteiger partial charge in [-0.15, -0.1) is 0 Å². The van der Waals surface area contributed by atoms with E-state index < -0.39 is 5.41 Å². The monoisotopic (exact) mass is 831 g/mol. The van der Waals surface area contributed by atoms with Gasteiger partial charge in [0.25, 0.3) is 0 Å². The van der Waals surface area contributed by atoms with Crippen LogP contribution in [0.1, 0.15) is 22.3 Å². The summed E-state index contributed by atoms with van der Waals surface area (Å²) >= 11 is 0. The molecule has 10 aromatic carbocycles. The van der Waals surface area contributed by atoms with Gasteiger partial charge >= 0.3 is 0 Å². The Morgan fingerprint density at radius 2 is 0.877 bits per heavy atom. The van der Waals surface area contributed by atoms with Gasteiger partial charge in [-0.2, -0.15) is 0 Å². The van der Waals surface area contributed by atoms with Crippen LogP contribution in [0.15, 0.2) is 238 Å². The number of furan rings is 3. The molecule has 4 nitrogen and oxygen atoms in total. The number of hydrogen-bond donors (Lipinski definition) is 0. The second kappa shape index (κ2) is 13.7. The lowest BCUT2D eigenvalue weighted by atomic mass is 9.67. The van der Waals surface area contributed by atoms with Crippen molar-refractivity contribution in [3.8, 4) is 22.3 Å². The first kappa shape index (κ1) is 35.9. The second-order valence-electron chi connectivity index (χ2n) is 17.1. The van der Waals surface area contributed by atoms with E-state index in [0.717, 1.165) is 94.0 Å². The first-order valence-electron chi connectivity index (χ1n) is 22.2. The molecule has 14 rings (SSSR count). The maximum atomic E-state index is 7.28. The molecule has 0 fully saturated rings. The zero-order valence-corrected chi connectivity index (χ0v) is 35.0. The van der Waals surface area contributed by atoms with Crippen molar-refractivity contribution in [1.82, 2.24) is 0 Å². The maximum absolute atomic E-state index is 7.28. The Labute approximate surface area is 373 Å². The van der Waals surface area contributed by atoms with Crippen LogP contribution < -0.4 is 4.90 Å². The molecule has 1 aliphatic carbocycles. The third-order valence-corrected chi connectivity index (χ3v) is 13.8. The molecule has 304 valence electrons. The molecule has 0 N–H and O–H groups in total. The van der Waals surface area contributed by atoms with Crippen LogP contribution in [-0.2, 0) is 5.41 Å². The van der Waals surface area contributed by atoms with Crippen LogP contribution in [0.3, 0.4) is 0 Å². The zero-order chi connectivity index (χ0) is 42.6. The molecule has 0 saturated carbocycles. The molecule has 65 heavy (non-hydrogen) atoms. The Balaban J connectivity index is 1.09. The van der Waals surface area contributed by atoms with Crippen molar-refractivity contribution >= 4 is 82.9 Å². The van der Waals surface area contributed by atoms with Gasteiger partial charge in [-0.05, 0) is 93.5 Å². The molecule has 0 radical (unpaired) electrons. The number of rotatable bonds is 6. The molecule has 3 aromatic heterocycles. The first-order chi connectivity index (χ1) is 32.3. The van der Waals surface area contributed by atoms with Gasteiger partial charge in [0.05, 0.1) is 11.1 Å². The van der Waals surface area contributed by atoms with Crippen LogP contribution in [0.5, 0.6) is 0 Å². The van der Waals surface area contributed by atoms with E-state index in [4.69, 9.17) is 13.3 Å². The summed E-state index contributed by atoms with van der Waals surface area (Å²) in [6.45, 7) is 0. The van der Waals surface area contributed by atoms with E-state index in [0.29, 0.717) is 0 Å². The van der Waals surface area contributed by atoms with Gasteiger partial charge in [0.15, 0.2) is 5.58 Å². The van der Waals surface area contributed by atoms with Crippen molar-refractivity contribution in [2.24, 2.45) is 0 Å². The highest BCUT2D eigenvalue weighted by Gasteiger charge is 2.46. The molecule has 0 spiro atoms. The SMILES string of the molecule is c1ccc(N(c2ccc3c(c2)C(c2ccccc2)(c2ccccc2)c2ccccc2-3)c2ccc(-c3cccc4c3oc3ccccc34)c3c2oc2ccc4oc5ccccc5c4c23)cc1. The molecular weight excluding hydrogens is 795 g/mol. The van der Waals surface area contributed by atoms with Crippen LogP contribution in [0.4, 0.5) is 17.1 Å². The molecule has 0 saturated heterocycles. The fourth-order valence-electron chi connectivity index (χ4n) is 11.1. The third-order valence-electron chi connectivity index (χ3n) is 13.8. The quantitative estimate of drug-likeness (QED) is 0.167. The molecule has 0 unspecified atom stereocenters. The summed E-state index contributed by atoms with van der Waals surface area (Å²) in [6, 6.07) is 80.2. The summed E-state index contributed by atoms with van der Waals surface area (Å²) in [6.07, 6.45) is 0. The van der Waals surface area contributed by atoms with Crippen LogP contribution in [0.25, 0.3) is 88.1 Å². The molecule has 4 heteroatoms. The molecule has 0 amide bonds. The summed E-state index contributed by atoms with van der Waals surface area (Å²) in [5.74, 6) is 0. The van der Waals surface area contributed by atoms with Crippen LogP contribution in [-0.4, -0.2) is 0 Å². The maximum Gasteiger partial charge on any atom is 0.160 e. The van der Waals surface area contributed by atoms with Crippen molar-refractivity contribution in [1.29, 1.82) is 0 Å². The van der Waals surface area contributed by atoms with E-state index in [1.54, 1.807) is 0 Å². The third kappa shape index (κ3) is 5.02. The Morgan fingerprint density at radius 1 is 0.308 bits per heavy atom. The number of nitrogens with zero attached hydrogens (tertiary/aromatic N) is 1. The van der Waals surface area contributed by atoms with E-state index in [2.05, 4.69) is 199 Å². The van der Waals surface area contributed by atoms with Crippen LogP contribution in [0, 0.1) is 0 Å². The largest absolute Gasteiger partial charge is 0.456 e. The van der Waals surface area contributed by atoms with Crippen molar-refractivity contribution < 1.29 is 13.3 Å². The van der Waals surface area contributed by atoms with Crippen LogP contribution >= 0.6 is 0 Å². The van der Waals surface area contributed by atoms with Crippen molar-refractivity contribution in [3.63, 3.8) is 0 Å². The number of fused-ring (bicyclic) bond motifs is 13. The number of para-hydroxylation sites is 4. The van der Waals surface area contributed by atoms with Gasteiger partial charge in [0, 0.05) is 49.3 Å². The minimum Gasteiger partial charge on any atom is -0.456 e. The topological polar surface area (TPSA) is 42.7 Å². The van der Waals surface area contributed by atoms with Gasteiger partial charge in [0.1, 0.15) is 27.9 Å². The van der Waals surface area contributed by atoms with E-state index in [9.17, 15) is 0 Å². The number of hydrogen-bond acceptors (Lipinski definition) is 4. The molecule has 0 aliphatic heterocycles. The van der Waals surface area contributed by atoms with Gasteiger partial charge in [0.2, 0.25) is 0 Å².